The van der Waals surface area contributed by atoms with Crippen molar-refractivity contribution in [2.24, 2.45) is 0 Å². The van der Waals surface area contributed by atoms with Crippen LogP contribution in [0.1, 0.15) is 57.6 Å². The highest BCUT2D eigenvalue weighted by molar-refractivity contribution is 5.92. The van der Waals surface area contributed by atoms with E-state index in [-0.39, 0.29) is 18.9 Å². The maximum absolute atomic E-state index is 13.3. The van der Waals surface area contributed by atoms with Crippen molar-refractivity contribution in [3.05, 3.63) is 71.8 Å². The number of aliphatic hydroxyl groups is 1. The van der Waals surface area contributed by atoms with Gasteiger partial charge in [-0.3, -0.25) is 9.59 Å². The SMILES string of the molecule is CC.CCCCOC.O=C(N[C@H](Cc1ccccc1)C(=O)N1CCCC1C(=O)NCO)OCc1ccccc1. The standard InChI is InChI=1S/C23H27N3O5.C5H12O.C2H6/c27-16-24-21(28)20-12-7-13-26(20)22(29)19(14-17-8-3-1-4-9-17)25-23(30)31-15-18-10-5-2-6-11-18;1-3-4-5-6-2;1-2/h1-6,8-11,19-20,27H,7,12-16H2,(H,24,28)(H,25,30);3-5H2,1-2H3;1-2H3/t19-,20?;;/m1../s1. The fraction of sp³-hybridized carbons (Fsp3) is 0.500. The minimum Gasteiger partial charge on any atom is -0.445 e. The molecule has 9 nitrogen and oxygen atoms in total. The first-order valence-electron chi connectivity index (χ1n) is 13.7. The second-order valence-electron chi connectivity index (χ2n) is 8.68. The molecule has 1 unspecified atom stereocenters. The van der Waals surface area contributed by atoms with Crippen LogP contribution >= 0.6 is 0 Å². The Bertz CT molecular complexity index is 938. The Balaban J connectivity index is 0.000000839. The van der Waals surface area contributed by atoms with Gasteiger partial charge in [0.1, 0.15) is 25.4 Å². The first-order chi connectivity index (χ1) is 19.0. The predicted molar refractivity (Wildman–Crippen MR) is 152 cm³/mol. The second-order valence-corrected chi connectivity index (χ2v) is 8.68. The number of alkyl carbamates (subject to hydrolysis) is 1. The van der Waals surface area contributed by atoms with Crippen LogP contribution in [-0.4, -0.2) is 67.0 Å². The number of nitrogens with zero attached hydrogens (tertiary/aromatic N) is 1. The molecule has 3 amide bonds. The van der Waals surface area contributed by atoms with E-state index in [9.17, 15) is 14.4 Å². The van der Waals surface area contributed by atoms with Crippen LogP contribution in [0.25, 0.3) is 0 Å². The lowest BCUT2D eigenvalue weighted by Gasteiger charge is -2.28. The van der Waals surface area contributed by atoms with E-state index in [1.54, 1.807) is 7.11 Å². The second kappa shape index (κ2) is 20.5. The van der Waals surface area contributed by atoms with Crippen LogP contribution in [0, 0.1) is 0 Å². The lowest BCUT2D eigenvalue weighted by molar-refractivity contribution is -0.140. The van der Waals surface area contributed by atoms with Gasteiger partial charge in [-0.2, -0.15) is 0 Å². The van der Waals surface area contributed by atoms with Crippen molar-refractivity contribution >= 4 is 17.9 Å². The van der Waals surface area contributed by atoms with Crippen molar-refractivity contribution < 1.29 is 29.0 Å². The zero-order chi connectivity index (χ0) is 28.9. The van der Waals surface area contributed by atoms with E-state index in [1.807, 2.05) is 74.5 Å². The van der Waals surface area contributed by atoms with Crippen LogP contribution in [0.5, 0.6) is 0 Å². The van der Waals surface area contributed by atoms with Crippen LogP contribution in [0.4, 0.5) is 4.79 Å². The Morgan fingerprint density at radius 2 is 1.64 bits per heavy atom. The Kier molecular flexibility index (Phi) is 17.7. The van der Waals surface area contributed by atoms with Crippen LogP contribution in [0.3, 0.4) is 0 Å². The summed E-state index contributed by atoms with van der Waals surface area (Å²) < 4.78 is 10.1. The molecule has 3 N–H and O–H groups in total. The van der Waals surface area contributed by atoms with Gasteiger partial charge in [0.2, 0.25) is 11.8 Å². The third-order valence-corrected chi connectivity index (χ3v) is 5.88. The number of hydrogen-bond acceptors (Lipinski definition) is 6. The van der Waals surface area contributed by atoms with Crippen molar-refractivity contribution in [1.29, 1.82) is 0 Å². The lowest BCUT2D eigenvalue weighted by atomic mass is 10.0. The van der Waals surface area contributed by atoms with Gasteiger partial charge in [-0.25, -0.2) is 4.79 Å². The maximum atomic E-state index is 13.3. The van der Waals surface area contributed by atoms with Gasteiger partial charge in [0.15, 0.2) is 0 Å². The van der Waals surface area contributed by atoms with Crippen molar-refractivity contribution in [3.8, 4) is 0 Å². The van der Waals surface area contributed by atoms with Gasteiger partial charge in [-0.1, -0.05) is 87.9 Å². The average molecular weight is 544 g/mol. The van der Waals surface area contributed by atoms with Gasteiger partial charge in [0, 0.05) is 26.7 Å². The van der Waals surface area contributed by atoms with E-state index >= 15 is 0 Å². The van der Waals surface area contributed by atoms with Gasteiger partial charge in [-0.15, -0.1) is 0 Å². The summed E-state index contributed by atoms with van der Waals surface area (Å²) in [6.07, 6.45) is 3.17. The van der Waals surface area contributed by atoms with Crippen molar-refractivity contribution in [1.82, 2.24) is 15.5 Å². The van der Waals surface area contributed by atoms with Crippen LogP contribution in [0.2, 0.25) is 0 Å². The molecule has 2 aromatic carbocycles. The summed E-state index contributed by atoms with van der Waals surface area (Å²) in [4.78, 5) is 39.4. The van der Waals surface area contributed by atoms with E-state index in [1.165, 1.54) is 17.7 Å². The van der Waals surface area contributed by atoms with E-state index < -0.39 is 30.8 Å². The fourth-order valence-corrected chi connectivity index (χ4v) is 3.94. The summed E-state index contributed by atoms with van der Waals surface area (Å²) in [6, 6.07) is 17.0. The number of hydrogen-bond donors (Lipinski definition) is 3. The molecule has 0 spiro atoms. The molecule has 39 heavy (non-hydrogen) atoms. The smallest absolute Gasteiger partial charge is 0.408 e. The van der Waals surface area contributed by atoms with E-state index in [0.717, 1.165) is 17.7 Å². The van der Waals surface area contributed by atoms with Crippen molar-refractivity contribution in [2.75, 3.05) is 27.0 Å². The monoisotopic (exact) mass is 543 g/mol. The normalized spacial score (nSPS) is 14.6. The van der Waals surface area contributed by atoms with Gasteiger partial charge >= 0.3 is 6.09 Å². The molecule has 0 aromatic heterocycles. The molecule has 1 aliphatic rings. The van der Waals surface area contributed by atoms with Gasteiger partial charge in [0.05, 0.1) is 0 Å². The van der Waals surface area contributed by atoms with E-state index in [0.29, 0.717) is 19.4 Å². The molecule has 1 aliphatic heterocycles. The minimum absolute atomic E-state index is 0.0875. The number of carbonyl (C=O) groups excluding carboxylic acids is 3. The highest BCUT2D eigenvalue weighted by Gasteiger charge is 2.37. The molecular formula is C30H45N3O6. The average Bonchev–Trinajstić information content (AvgIpc) is 3.47. The zero-order valence-electron chi connectivity index (χ0n) is 23.7. The Labute approximate surface area is 232 Å². The molecule has 0 aliphatic carbocycles. The zero-order valence-corrected chi connectivity index (χ0v) is 23.7. The fourth-order valence-electron chi connectivity index (χ4n) is 3.94. The Morgan fingerprint density at radius 1 is 1.03 bits per heavy atom. The number of carbonyl (C=O) groups is 3. The molecule has 2 aromatic rings. The summed E-state index contributed by atoms with van der Waals surface area (Å²) in [5.74, 6) is -0.755. The number of unbranched alkanes of at least 4 members (excludes halogenated alkanes) is 1. The molecule has 216 valence electrons. The highest BCUT2D eigenvalue weighted by Crippen LogP contribution is 2.20. The first-order valence-corrected chi connectivity index (χ1v) is 13.7. The third kappa shape index (κ3) is 12.8. The van der Waals surface area contributed by atoms with Crippen LogP contribution < -0.4 is 10.6 Å². The highest BCUT2D eigenvalue weighted by atomic mass is 16.5. The van der Waals surface area contributed by atoms with E-state index in [4.69, 9.17) is 14.6 Å². The molecule has 1 saturated heterocycles. The molecule has 2 atom stereocenters. The molecule has 1 heterocycles. The molecule has 1 fully saturated rings. The van der Waals surface area contributed by atoms with Crippen molar-refractivity contribution in [3.63, 3.8) is 0 Å². The minimum atomic E-state index is -0.881. The summed E-state index contributed by atoms with van der Waals surface area (Å²) in [5.41, 5.74) is 1.71. The topological polar surface area (TPSA) is 117 Å². The molecule has 9 heteroatoms. The predicted octanol–water partition coefficient (Wildman–Crippen LogP) is 4.04. The van der Waals surface area contributed by atoms with Crippen LogP contribution in [0.15, 0.2) is 60.7 Å². The number of methoxy groups -OCH3 is 1. The molecule has 0 radical (unpaired) electrons. The number of amides is 3. The molecule has 0 saturated carbocycles. The lowest BCUT2D eigenvalue weighted by Crippen LogP contribution is -2.54. The third-order valence-electron chi connectivity index (χ3n) is 5.88. The number of ether oxygens (including phenoxy) is 2. The quantitative estimate of drug-likeness (QED) is 0.291. The Hall–Kier alpha value is -3.43. The molecule has 0 bridgehead atoms. The number of aliphatic hydroxyl groups excluding tert-OH is 1. The largest absolute Gasteiger partial charge is 0.445 e. The molecular weight excluding hydrogens is 498 g/mol. The first kappa shape index (κ1) is 33.6. The van der Waals surface area contributed by atoms with E-state index in [2.05, 4.69) is 17.6 Å². The maximum Gasteiger partial charge on any atom is 0.408 e. The summed E-state index contributed by atoms with van der Waals surface area (Å²) >= 11 is 0. The van der Waals surface area contributed by atoms with Crippen LogP contribution in [-0.2, 0) is 32.1 Å². The Morgan fingerprint density at radius 3 is 2.18 bits per heavy atom. The van der Waals surface area contributed by atoms with Crippen molar-refractivity contribution in [2.45, 2.75) is 71.6 Å². The number of rotatable bonds is 11. The summed E-state index contributed by atoms with van der Waals surface area (Å²) in [7, 11) is 1.73. The van der Waals surface area contributed by atoms with Gasteiger partial charge < -0.3 is 30.1 Å². The number of nitrogens with one attached hydrogen (secondary N) is 2. The summed E-state index contributed by atoms with van der Waals surface area (Å²) in [5, 5.41) is 14.0. The number of benzene rings is 2. The van der Waals surface area contributed by atoms with Gasteiger partial charge in [0.25, 0.3) is 0 Å². The number of likely N-dealkylation sites (tertiary alicyclic amines) is 1. The summed E-state index contributed by atoms with van der Waals surface area (Å²) in [6.45, 7) is 7.07. The van der Waals surface area contributed by atoms with Gasteiger partial charge in [-0.05, 0) is 30.4 Å². The molecule has 3 rings (SSSR count).